The summed E-state index contributed by atoms with van der Waals surface area (Å²) in [6, 6.07) is 48.1. The predicted octanol–water partition coefficient (Wildman–Crippen LogP) is 11.0. The van der Waals surface area contributed by atoms with Crippen LogP contribution in [0.3, 0.4) is 0 Å². The molecule has 6 heteroatoms. The molecule has 0 aliphatic carbocycles. The lowest BCUT2D eigenvalue weighted by atomic mass is 10.1. The maximum absolute atomic E-state index is 6.40. The lowest BCUT2D eigenvalue weighted by Crippen LogP contribution is -2.00. The number of nitrogens with zero attached hydrogens (tertiary/aromatic N) is 4. The summed E-state index contributed by atoms with van der Waals surface area (Å²) in [7, 11) is 0. The fraction of sp³-hybridized carbons (Fsp3) is 0. The minimum atomic E-state index is 0.631. The summed E-state index contributed by atoms with van der Waals surface area (Å²) in [4.78, 5) is 15.3. The second kappa shape index (κ2) is 10.4. The van der Waals surface area contributed by atoms with E-state index in [1.54, 1.807) is 11.3 Å². The molecule has 0 saturated heterocycles. The van der Waals surface area contributed by atoms with E-state index in [0.29, 0.717) is 17.5 Å². The molecule has 0 unspecified atom stereocenters. The van der Waals surface area contributed by atoms with E-state index in [0.717, 1.165) is 53.9 Å². The van der Waals surface area contributed by atoms with Crippen LogP contribution in [0.15, 0.2) is 140 Å². The summed E-state index contributed by atoms with van der Waals surface area (Å²) >= 11 is 8.13. The Morgan fingerprint density at radius 1 is 0.489 bits per heavy atom. The normalized spacial score (nSPS) is 11.7. The number of hydrogen-bond acceptors (Lipinski definition) is 4. The summed E-state index contributed by atoms with van der Waals surface area (Å²) < 4.78 is 4.63. The predicted molar refractivity (Wildman–Crippen MR) is 188 cm³/mol. The van der Waals surface area contributed by atoms with Gasteiger partial charge in [0, 0.05) is 58.3 Å². The van der Waals surface area contributed by atoms with Crippen LogP contribution in [0.5, 0.6) is 0 Å². The highest BCUT2D eigenvalue weighted by molar-refractivity contribution is 7.26. The van der Waals surface area contributed by atoms with Crippen molar-refractivity contribution in [3.63, 3.8) is 0 Å². The van der Waals surface area contributed by atoms with Crippen LogP contribution >= 0.6 is 22.9 Å². The van der Waals surface area contributed by atoms with Crippen molar-refractivity contribution in [1.29, 1.82) is 0 Å². The fourth-order valence-corrected chi connectivity index (χ4v) is 7.62. The summed E-state index contributed by atoms with van der Waals surface area (Å²) in [5.41, 5.74) is 6.22. The van der Waals surface area contributed by atoms with E-state index in [1.807, 2.05) is 48.5 Å². The SMILES string of the molecule is Clc1ccc2sc3c(-c4nc(-c5ccccc5)nc(-c5ccc6c7ccccc7n(-c7ccccc7)c6c5)n4)cccc3c2c1. The summed E-state index contributed by atoms with van der Waals surface area (Å²) in [5, 5.41) is 5.41. The Morgan fingerprint density at radius 2 is 1.18 bits per heavy atom. The first-order valence-electron chi connectivity index (χ1n) is 14.7. The van der Waals surface area contributed by atoms with E-state index in [9.17, 15) is 0 Å². The van der Waals surface area contributed by atoms with Crippen molar-refractivity contribution in [2.24, 2.45) is 0 Å². The number of benzene rings is 6. The van der Waals surface area contributed by atoms with Gasteiger partial charge < -0.3 is 4.57 Å². The van der Waals surface area contributed by atoms with Gasteiger partial charge in [-0.2, -0.15) is 0 Å². The van der Waals surface area contributed by atoms with E-state index >= 15 is 0 Å². The second-order valence-electron chi connectivity index (χ2n) is 11.0. The molecule has 0 bridgehead atoms. The van der Waals surface area contributed by atoms with Crippen LogP contribution in [0.25, 0.3) is 81.8 Å². The first-order valence-corrected chi connectivity index (χ1v) is 15.9. The Bertz CT molecular complexity index is 2550. The first-order chi connectivity index (χ1) is 22.2. The number of fused-ring (bicyclic) bond motifs is 6. The van der Waals surface area contributed by atoms with Crippen LogP contribution in [0.1, 0.15) is 0 Å². The van der Waals surface area contributed by atoms with Crippen molar-refractivity contribution >= 4 is 64.9 Å². The lowest BCUT2D eigenvalue weighted by Gasteiger charge is -2.10. The molecule has 6 aromatic carbocycles. The molecule has 0 saturated carbocycles. The van der Waals surface area contributed by atoms with Crippen LogP contribution < -0.4 is 0 Å². The van der Waals surface area contributed by atoms with Gasteiger partial charge in [-0.1, -0.05) is 103 Å². The van der Waals surface area contributed by atoms with Gasteiger partial charge in [0.05, 0.1) is 11.0 Å². The zero-order valence-electron chi connectivity index (χ0n) is 23.9. The second-order valence-corrected chi connectivity index (χ2v) is 12.5. The number of para-hydroxylation sites is 2. The minimum Gasteiger partial charge on any atom is -0.309 e. The van der Waals surface area contributed by atoms with Gasteiger partial charge in [0.25, 0.3) is 0 Å². The molecule has 0 amide bonds. The molecular weight excluding hydrogens is 592 g/mol. The standard InChI is InChI=1S/C39H23ClN4S/c40-26-19-21-35-32(23-26)30-15-9-16-31(36(30)45-35)39-42-37(24-10-3-1-4-11-24)41-38(43-39)25-18-20-29-28-14-7-8-17-33(28)44(34(29)22-25)27-12-5-2-6-13-27/h1-23H. The molecule has 9 aromatic rings. The molecule has 3 heterocycles. The van der Waals surface area contributed by atoms with E-state index in [4.69, 9.17) is 26.6 Å². The number of aromatic nitrogens is 4. The topological polar surface area (TPSA) is 43.6 Å². The summed E-state index contributed by atoms with van der Waals surface area (Å²) in [6.45, 7) is 0. The van der Waals surface area contributed by atoms with Crippen molar-refractivity contribution in [2.45, 2.75) is 0 Å². The van der Waals surface area contributed by atoms with Gasteiger partial charge in [0.15, 0.2) is 17.5 Å². The molecule has 212 valence electrons. The smallest absolute Gasteiger partial charge is 0.165 e. The maximum Gasteiger partial charge on any atom is 0.165 e. The third-order valence-corrected chi connectivity index (χ3v) is 9.77. The number of rotatable bonds is 4. The third kappa shape index (κ3) is 4.32. The third-order valence-electron chi connectivity index (χ3n) is 8.31. The van der Waals surface area contributed by atoms with Gasteiger partial charge in [-0.25, -0.2) is 15.0 Å². The molecule has 9 rings (SSSR count). The number of thiophene rings is 1. The van der Waals surface area contributed by atoms with E-state index in [1.165, 1.54) is 15.5 Å². The average Bonchev–Trinajstić information content (AvgIpc) is 3.64. The van der Waals surface area contributed by atoms with Crippen molar-refractivity contribution < 1.29 is 0 Å². The molecule has 0 N–H and O–H groups in total. The molecule has 0 spiro atoms. The van der Waals surface area contributed by atoms with Gasteiger partial charge >= 0.3 is 0 Å². The monoisotopic (exact) mass is 614 g/mol. The Labute approximate surface area is 267 Å². The molecule has 4 nitrogen and oxygen atoms in total. The molecule has 0 fully saturated rings. The maximum atomic E-state index is 6.40. The Hall–Kier alpha value is -5.36. The van der Waals surface area contributed by atoms with E-state index < -0.39 is 0 Å². The van der Waals surface area contributed by atoms with Gasteiger partial charge in [-0.05, 0) is 48.5 Å². The number of halogens is 1. The van der Waals surface area contributed by atoms with Crippen molar-refractivity contribution in [2.75, 3.05) is 0 Å². The minimum absolute atomic E-state index is 0.631. The Balaban J connectivity index is 1.30. The van der Waals surface area contributed by atoms with Crippen LogP contribution in [0, 0.1) is 0 Å². The van der Waals surface area contributed by atoms with Crippen molar-refractivity contribution in [1.82, 2.24) is 19.5 Å². The molecule has 0 atom stereocenters. The van der Waals surface area contributed by atoms with E-state index in [2.05, 4.69) is 95.6 Å². The summed E-state index contributed by atoms with van der Waals surface area (Å²) in [5.74, 6) is 1.91. The fourth-order valence-electron chi connectivity index (χ4n) is 6.25. The molecule has 0 aliphatic rings. The van der Waals surface area contributed by atoms with Crippen LogP contribution in [-0.4, -0.2) is 19.5 Å². The molecule has 0 radical (unpaired) electrons. The summed E-state index contributed by atoms with van der Waals surface area (Å²) in [6.07, 6.45) is 0. The van der Waals surface area contributed by atoms with Gasteiger partial charge in [0.1, 0.15) is 0 Å². The average molecular weight is 615 g/mol. The molecular formula is C39H23ClN4S. The van der Waals surface area contributed by atoms with Gasteiger partial charge in [-0.15, -0.1) is 11.3 Å². The highest BCUT2D eigenvalue weighted by Gasteiger charge is 2.18. The zero-order chi connectivity index (χ0) is 29.9. The first kappa shape index (κ1) is 26.1. The quantitative estimate of drug-likeness (QED) is 0.198. The van der Waals surface area contributed by atoms with Gasteiger partial charge in [0.2, 0.25) is 0 Å². The molecule has 45 heavy (non-hydrogen) atoms. The highest BCUT2D eigenvalue weighted by Crippen LogP contribution is 2.41. The van der Waals surface area contributed by atoms with Crippen molar-refractivity contribution in [3.05, 3.63) is 145 Å². The molecule has 0 aliphatic heterocycles. The van der Waals surface area contributed by atoms with Crippen LogP contribution in [0.2, 0.25) is 5.02 Å². The number of hydrogen-bond donors (Lipinski definition) is 0. The zero-order valence-corrected chi connectivity index (χ0v) is 25.4. The van der Waals surface area contributed by atoms with Crippen molar-refractivity contribution in [3.8, 4) is 39.9 Å². The Kier molecular flexibility index (Phi) is 6.01. The largest absolute Gasteiger partial charge is 0.309 e. The highest BCUT2D eigenvalue weighted by atomic mass is 35.5. The van der Waals surface area contributed by atoms with E-state index in [-0.39, 0.29) is 0 Å². The lowest BCUT2D eigenvalue weighted by molar-refractivity contribution is 1.08. The Morgan fingerprint density at radius 3 is 2.02 bits per heavy atom. The van der Waals surface area contributed by atoms with Gasteiger partial charge in [-0.3, -0.25) is 0 Å². The van der Waals surface area contributed by atoms with Crippen LogP contribution in [0.4, 0.5) is 0 Å². The van der Waals surface area contributed by atoms with Crippen LogP contribution in [-0.2, 0) is 0 Å². The molecule has 3 aromatic heterocycles.